The van der Waals surface area contributed by atoms with Crippen LogP contribution in [0, 0.1) is 5.82 Å². The van der Waals surface area contributed by atoms with E-state index in [0.717, 1.165) is 40.9 Å². The van der Waals surface area contributed by atoms with Crippen molar-refractivity contribution in [2.45, 2.75) is 32.3 Å². The fraction of sp³-hybridized carbons (Fsp3) is 0.273. The first-order valence-corrected chi connectivity index (χ1v) is 8.71. The van der Waals surface area contributed by atoms with E-state index in [-0.39, 0.29) is 12.4 Å². The van der Waals surface area contributed by atoms with Gasteiger partial charge in [-0.3, -0.25) is 0 Å². The summed E-state index contributed by atoms with van der Waals surface area (Å²) in [4.78, 5) is 0. The summed E-state index contributed by atoms with van der Waals surface area (Å²) in [5.74, 6) is 0.584. The van der Waals surface area contributed by atoms with Crippen LogP contribution in [0.25, 0.3) is 5.57 Å². The number of ether oxygens (including phenoxy) is 1. The number of halogens is 1. The van der Waals surface area contributed by atoms with Gasteiger partial charge in [0.15, 0.2) is 0 Å². The predicted octanol–water partition coefficient (Wildman–Crippen LogP) is 5.13. The van der Waals surface area contributed by atoms with Gasteiger partial charge in [0.05, 0.1) is 6.61 Å². The minimum absolute atomic E-state index is 0.0364. The Kier molecular flexibility index (Phi) is 5.05. The Balaban J connectivity index is 2.34. The van der Waals surface area contributed by atoms with Crippen molar-refractivity contribution < 1.29 is 14.2 Å². The Labute approximate surface area is 148 Å². The molecule has 2 aromatic carbocycles. The van der Waals surface area contributed by atoms with E-state index < -0.39 is 5.60 Å². The summed E-state index contributed by atoms with van der Waals surface area (Å²) in [6, 6.07) is 14.5. The summed E-state index contributed by atoms with van der Waals surface area (Å²) in [6.45, 7) is 4.17. The first kappa shape index (κ1) is 17.4. The number of hydrogen-bond acceptors (Lipinski definition) is 2. The second-order valence-corrected chi connectivity index (χ2v) is 6.18. The SMILES string of the molecule is CCC1(CC)Oc2ccccc2C(c2ccc(F)cc2)=C1/C=C/CO. The molecule has 1 N–H and O–H groups in total. The molecule has 0 amide bonds. The molecule has 130 valence electrons. The van der Waals surface area contributed by atoms with E-state index in [9.17, 15) is 9.50 Å². The zero-order valence-corrected chi connectivity index (χ0v) is 14.6. The molecule has 0 aliphatic carbocycles. The molecular weight excluding hydrogens is 315 g/mol. The number of aliphatic hydroxyl groups excluding tert-OH is 1. The molecule has 3 heteroatoms. The number of fused-ring (bicyclic) bond motifs is 1. The van der Waals surface area contributed by atoms with Crippen molar-refractivity contribution in [3.8, 4) is 5.75 Å². The fourth-order valence-electron chi connectivity index (χ4n) is 3.51. The van der Waals surface area contributed by atoms with E-state index in [4.69, 9.17) is 4.74 Å². The Bertz CT molecular complexity index is 799. The quantitative estimate of drug-likeness (QED) is 0.819. The number of hydrogen-bond donors (Lipinski definition) is 1. The first-order chi connectivity index (χ1) is 12.1. The molecule has 2 aromatic rings. The number of aliphatic hydroxyl groups is 1. The highest BCUT2D eigenvalue weighted by Gasteiger charge is 2.39. The van der Waals surface area contributed by atoms with Gasteiger partial charge in [0.2, 0.25) is 0 Å². The molecule has 1 aliphatic heterocycles. The Morgan fingerprint density at radius 1 is 1.04 bits per heavy atom. The third-order valence-electron chi connectivity index (χ3n) is 4.89. The van der Waals surface area contributed by atoms with Gasteiger partial charge in [0, 0.05) is 11.1 Å². The van der Waals surface area contributed by atoms with Gasteiger partial charge in [0.25, 0.3) is 0 Å². The molecule has 2 nitrogen and oxygen atoms in total. The molecule has 1 heterocycles. The monoisotopic (exact) mass is 338 g/mol. The maximum absolute atomic E-state index is 13.4. The van der Waals surface area contributed by atoms with Crippen LogP contribution in [0.1, 0.15) is 37.8 Å². The van der Waals surface area contributed by atoms with Crippen LogP contribution in [0.5, 0.6) is 5.75 Å². The van der Waals surface area contributed by atoms with Crippen LogP contribution in [0.2, 0.25) is 0 Å². The molecule has 0 saturated carbocycles. The third-order valence-corrected chi connectivity index (χ3v) is 4.89. The zero-order chi connectivity index (χ0) is 17.9. The fourth-order valence-corrected chi connectivity index (χ4v) is 3.51. The molecule has 0 spiro atoms. The lowest BCUT2D eigenvalue weighted by atomic mass is 9.78. The second kappa shape index (κ2) is 7.24. The van der Waals surface area contributed by atoms with Gasteiger partial charge in [-0.1, -0.05) is 56.3 Å². The minimum Gasteiger partial charge on any atom is -0.482 e. The second-order valence-electron chi connectivity index (χ2n) is 6.18. The van der Waals surface area contributed by atoms with Crippen LogP contribution in [-0.4, -0.2) is 17.3 Å². The van der Waals surface area contributed by atoms with Crippen molar-refractivity contribution in [2.24, 2.45) is 0 Å². The molecule has 0 saturated heterocycles. The summed E-state index contributed by atoms with van der Waals surface area (Å²) in [6.07, 6.45) is 5.28. The first-order valence-electron chi connectivity index (χ1n) is 8.71. The van der Waals surface area contributed by atoms with E-state index in [0.29, 0.717) is 0 Å². The molecule has 0 bridgehead atoms. The standard InChI is InChI=1S/C22H23FO2/c1-3-22(4-2)19(9-7-15-24)21(16-11-13-17(23)14-12-16)18-8-5-6-10-20(18)25-22/h5-14,24H,3-4,15H2,1-2H3/b9-7+. The molecule has 25 heavy (non-hydrogen) atoms. The molecule has 0 unspecified atom stereocenters. The van der Waals surface area contributed by atoms with Crippen LogP contribution in [0.3, 0.4) is 0 Å². The molecule has 0 aromatic heterocycles. The average Bonchev–Trinajstić information content (AvgIpc) is 2.66. The lowest BCUT2D eigenvalue weighted by molar-refractivity contribution is 0.0984. The number of rotatable bonds is 5. The summed E-state index contributed by atoms with van der Waals surface area (Å²) in [7, 11) is 0. The third kappa shape index (κ3) is 3.12. The van der Waals surface area contributed by atoms with Gasteiger partial charge in [-0.15, -0.1) is 0 Å². The van der Waals surface area contributed by atoms with Gasteiger partial charge in [-0.2, -0.15) is 0 Å². The highest BCUT2D eigenvalue weighted by atomic mass is 19.1. The van der Waals surface area contributed by atoms with E-state index in [1.165, 1.54) is 12.1 Å². The molecule has 0 atom stereocenters. The van der Waals surface area contributed by atoms with Crippen molar-refractivity contribution in [1.82, 2.24) is 0 Å². The molecular formula is C22H23FO2. The van der Waals surface area contributed by atoms with E-state index in [2.05, 4.69) is 13.8 Å². The van der Waals surface area contributed by atoms with Gasteiger partial charge < -0.3 is 9.84 Å². The van der Waals surface area contributed by atoms with Gasteiger partial charge in [0.1, 0.15) is 17.2 Å². The summed E-state index contributed by atoms with van der Waals surface area (Å²) >= 11 is 0. The molecule has 0 radical (unpaired) electrons. The minimum atomic E-state index is -0.469. The van der Waals surface area contributed by atoms with Crippen LogP contribution < -0.4 is 4.74 Å². The molecule has 1 aliphatic rings. The summed E-state index contributed by atoms with van der Waals surface area (Å²) < 4.78 is 19.9. The van der Waals surface area contributed by atoms with Gasteiger partial charge in [-0.25, -0.2) is 4.39 Å². The van der Waals surface area contributed by atoms with E-state index in [1.807, 2.05) is 30.3 Å². The smallest absolute Gasteiger partial charge is 0.134 e. The summed E-state index contributed by atoms with van der Waals surface area (Å²) in [5, 5.41) is 9.30. The van der Waals surface area contributed by atoms with Crippen molar-refractivity contribution in [3.63, 3.8) is 0 Å². The van der Waals surface area contributed by atoms with Crippen molar-refractivity contribution in [2.75, 3.05) is 6.61 Å². The topological polar surface area (TPSA) is 29.5 Å². The van der Waals surface area contributed by atoms with Crippen LogP contribution in [0.15, 0.2) is 66.3 Å². The lowest BCUT2D eigenvalue weighted by Crippen LogP contribution is -2.39. The average molecular weight is 338 g/mol. The highest BCUT2D eigenvalue weighted by Crippen LogP contribution is 2.47. The van der Waals surface area contributed by atoms with Gasteiger partial charge >= 0.3 is 0 Å². The van der Waals surface area contributed by atoms with Crippen molar-refractivity contribution in [3.05, 3.63) is 83.2 Å². The maximum atomic E-state index is 13.4. The zero-order valence-electron chi connectivity index (χ0n) is 14.6. The lowest BCUT2D eigenvalue weighted by Gasteiger charge is -2.40. The van der Waals surface area contributed by atoms with Crippen LogP contribution in [0.4, 0.5) is 4.39 Å². The molecule has 3 rings (SSSR count). The Morgan fingerprint density at radius 3 is 2.36 bits per heavy atom. The van der Waals surface area contributed by atoms with Crippen molar-refractivity contribution in [1.29, 1.82) is 0 Å². The number of para-hydroxylation sites is 1. The normalized spacial score (nSPS) is 16.0. The van der Waals surface area contributed by atoms with Crippen LogP contribution in [-0.2, 0) is 0 Å². The predicted molar refractivity (Wildman–Crippen MR) is 99.0 cm³/mol. The van der Waals surface area contributed by atoms with E-state index in [1.54, 1.807) is 18.2 Å². The van der Waals surface area contributed by atoms with Gasteiger partial charge in [-0.05, 0) is 42.2 Å². The summed E-state index contributed by atoms with van der Waals surface area (Å²) in [5.41, 5.74) is 3.53. The number of benzene rings is 2. The van der Waals surface area contributed by atoms with Crippen LogP contribution >= 0.6 is 0 Å². The van der Waals surface area contributed by atoms with E-state index >= 15 is 0 Å². The van der Waals surface area contributed by atoms with Crippen molar-refractivity contribution >= 4 is 5.57 Å². The molecule has 0 fully saturated rings. The highest BCUT2D eigenvalue weighted by molar-refractivity contribution is 5.88. The Hall–Kier alpha value is -2.39. The largest absolute Gasteiger partial charge is 0.482 e. The Morgan fingerprint density at radius 2 is 1.72 bits per heavy atom. The maximum Gasteiger partial charge on any atom is 0.134 e.